The van der Waals surface area contributed by atoms with Crippen molar-refractivity contribution in [2.75, 3.05) is 5.23 Å². The monoisotopic (exact) mass is 169 g/mol. The fourth-order valence-corrected chi connectivity index (χ4v) is 1.05. The molecule has 1 aromatic rings. The van der Waals surface area contributed by atoms with E-state index in [0.29, 0.717) is 12.0 Å². The third-order valence-electron chi connectivity index (χ3n) is 1.66. The molecule has 4 heteroatoms. The van der Waals surface area contributed by atoms with Crippen molar-refractivity contribution in [3.63, 3.8) is 0 Å². The number of phenols is 1. The number of nitrogens with zero attached hydrogens (tertiary/aromatic N) is 1. The molecule has 0 aliphatic carbocycles. The summed E-state index contributed by atoms with van der Waals surface area (Å²) in [5.41, 5.74) is 0.968. The molecule has 0 fully saturated rings. The molecule has 12 heavy (non-hydrogen) atoms. The summed E-state index contributed by atoms with van der Waals surface area (Å²) >= 11 is 0. The summed E-state index contributed by atoms with van der Waals surface area (Å²) in [5.74, 6) is 0.123. The van der Waals surface area contributed by atoms with Crippen molar-refractivity contribution in [2.45, 2.75) is 13.3 Å². The van der Waals surface area contributed by atoms with Crippen LogP contribution in [0.4, 0.5) is 5.69 Å². The van der Waals surface area contributed by atoms with E-state index in [4.69, 9.17) is 15.5 Å². The van der Waals surface area contributed by atoms with Crippen molar-refractivity contribution in [3.05, 3.63) is 23.8 Å². The van der Waals surface area contributed by atoms with Gasteiger partial charge in [-0.15, -0.1) is 5.23 Å². The number of benzene rings is 1. The van der Waals surface area contributed by atoms with E-state index in [2.05, 4.69) is 0 Å². The Labute approximate surface area is 70.2 Å². The molecule has 0 aromatic heterocycles. The molecule has 0 aliphatic rings. The van der Waals surface area contributed by atoms with Gasteiger partial charge in [-0.1, -0.05) is 6.92 Å². The summed E-state index contributed by atoms with van der Waals surface area (Å²) in [7, 11) is 0. The molecule has 0 amide bonds. The fourth-order valence-electron chi connectivity index (χ4n) is 1.05. The maximum absolute atomic E-state index is 9.07. The van der Waals surface area contributed by atoms with Gasteiger partial charge in [0.25, 0.3) is 0 Å². The topological polar surface area (TPSA) is 63.9 Å². The minimum atomic E-state index is 0.0538. The largest absolute Gasteiger partial charge is 0.508 e. The lowest BCUT2D eigenvalue weighted by Crippen LogP contribution is -2.12. The van der Waals surface area contributed by atoms with Crippen molar-refractivity contribution in [1.82, 2.24) is 0 Å². The lowest BCUT2D eigenvalue weighted by atomic mass is 10.1. The van der Waals surface area contributed by atoms with Crippen LogP contribution in [0.25, 0.3) is 0 Å². The quantitative estimate of drug-likeness (QED) is 0.587. The first-order valence-corrected chi connectivity index (χ1v) is 3.65. The van der Waals surface area contributed by atoms with Gasteiger partial charge in [0.15, 0.2) is 0 Å². The van der Waals surface area contributed by atoms with E-state index in [1.54, 1.807) is 0 Å². The van der Waals surface area contributed by atoms with Gasteiger partial charge >= 0.3 is 0 Å². The predicted octanol–water partition coefficient (Wildman–Crippen LogP) is 1.54. The average molecular weight is 169 g/mol. The molecule has 0 aliphatic heterocycles. The Kier molecular flexibility index (Phi) is 2.52. The Morgan fingerprint density at radius 3 is 2.50 bits per heavy atom. The standard InChI is InChI=1S/C8H11NO3/c1-2-6-5-7(10)3-4-8(6)9(11)12/h3-5,10-12H,2H2,1H3. The number of aromatic hydroxyl groups is 1. The van der Waals surface area contributed by atoms with Crippen LogP contribution in [0.5, 0.6) is 5.75 Å². The minimum absolute atomic E-state index is 0.0538. The molecular formula is C8H11NO3. The molecule has 0 bridgehead atoms. The zero-order valence-corrected chi connectivity index (χ0v) is 6.73. The zero-order chi connectivity index (χ0) is 9.14. The van der Waals surface area contributed by atoms with Crippen LogP contribution in [0, 0.1) is 0 Å². The first-order valence-electron chi connectivity index (χ1n) is 3.65. The Morgan fingerprint density at radius 1 is 1.33 bits per heavy atom. The Morgan fingerprint density at radius 2 is 2.00 bits per heavy atom. The molecular weight excluding hydrogens is 158 g/mol. The number of aryl methyl sites for hydroxylation is 1. The van der Waals surface area contributed by atoms with Crippen LogP contribution in [0.2, 0.25) is 0 Å². The summed E-state index contributed by atoms with van der Waals surface area (Å²) in [6.07, 6.45) is 0.626. The maximum Gasteiger partial charge on any atom is 0.116 e. The SMILES string of the molecule is CCc1cc(O)ccc1N(O)O. The van der Waals surface area contributed by atoms with E-state index in [1.165, 1.54) is 18.2 Å². The molecule has 0 spiro atoms. The molecule has 0 heterocycles. The van der Waals surface area contributed by atoms with Crippen LogP contribution in [0.3, 0.4) is 0 Å². The van der Waals surface area contributed by atoms with Gasteiger partial charge in [0.1, 0.15) is 5.75 Å². The van der Waals surface area contributed by atoms with Gasteiger partial charge in [-0.3, -0.25) is 10.4 Å². The highest BCUT2D eigenvalue weighted by Gasteiger charge is 2.05. The van der Waals surface area contributed by atoms with E-state index < -0.39 is 0 Å². The number of hydrogen-bond donors (Lipinski definition) is 3. The normalized spacial score (nSPS) is 9.92. The number of rotatable bonds is 2. The molecule has 0 saturated heterocycles. The second-order valence-electron chi connectivity index (χ2n) is 2.46. The van der Waals surface area contributed by atoms with Gasteiger partial charge in [-0.25, -0.2) is 0 Å². The summed E-state index contributed by atoms with van der Waals surface area (Å²) in [5, 5.41) is 26.6. The highest BCUT2D eigenvalue weighted by molar-refractivity contribution is 5.52. The molecule has 1 aromatic carbocycles. The summed E-state index contributed by atoms with van der Waals surface area (Å²) in [6, 6.07) is 4.33. The van der Waals surface area contributed by atoms with Gasteiger partial charge in [-0.05, 0) is 30.2 Å². The van der Waals surface area contributed by atoms with E-state index in [9.17, 15) is 0 Å². The van der Waals surface area contributed by atoms with Gasteiger partial charge in [0.05, 0.1) is 5.69 Å². The van der Waals surface area contributed by atoms with Crippen LogP contribution in [0.1, 0.15) is 12.5 Å². The van der Waals surface area contributed by atoms with Crippen LogP contribution >= 0.6 is 0 Å². The van der Waals surface area contributed by atoms with Crippen LogP contribution in [-0.2, 0) is 6.42 Å². The highest BCUT2D eigenvalue weighted by atomic mass is 16.8. The lowest BCUT2D eigenvalue weighted by Gasteiger charge is -2.12. The lowest BCUT2D eigenvalue weighted by molar-refractivity contribution is 0.0287. The van der Waals surface area contributed by atoms with Gasteiger partial charge < -0.3 is 5.11 Å². The number of hydrogen-bond acceptors (Lipinski definition) is 4. The molecule has 1 rings (SSSR count). The first-order chi connectivity index (χ1) is 5.65. The van der Waals surface area contributed by atoms with Gasteiger partial charge in [-0.2, -0.15) is 0 Å². The zero-order valence-electron chi connectivity index (χ0n) is 6.73. The van der Waals surface area contributed by atoms with Crippen LogP contribution in [0.15, 0.2) is 18.2 Å². The van der Waals surface area contributed by atoms with Gasteiger partial charge in [0.2, 0.25) is 0 Å². The molecule has 3 N–H and O–H groups in total. The van der Waals surface area contributed by atoms with Crippen molar-refractivity contribution >= 4 is 5.69 Å². The van der Waals surface area contributed by atoms with Crippen LogP contribution in [-0.4, -0.2) is 15.5 Å². The number of phenolic OH excluding ortho intramolecular Hbond substituents is 1. The highest BCUT2D eigenvalue weighted by Crippen LogP contribution is 2.23. The second-order valence-corrected chi connectivity index (χ2v) is 2.46. The maximum atomic E-state index is 9.07. The second kappa shape index (κ2) is 3.42. The first kappa shape index (κ1) is 8.83. The number of anilines is 1. The molecule has 66 valence electrons. The predicted molar refractivity (Wildman–Crippen MR) is 43.5 cm³/mol. The molecule has 4 nitrogen and oxygen atoms in total. The summed E-state index contributed by atoms with van der Waals surface area (Å²) < 4.78 is 0. The van der Waals surface area contributed by atoms with Gasteiger partial charge in [0, 0.05) is 0 Å². The summed E-state index contributed by atoms with van der Waals surface area (Å²) in [4.78, 5) is 0. The minimum Gasteiger partial charge on any atom is -0.508 e. The Bertz CT molecular complexity index is 273. The van der Waals surface area contributed by atoms with Crippen molar-refractivity contribution < 1.29 is 15.5 Å². The van der Waals surface area contributed by atoms with Crippen molar-refractivity contribution in [1.29, 1.82) is 0 Å². The Balaban J connectivity index is 3.11. The summed E-state index contributed by atoms with van der Waals surface area (Å²) in [6.45, 7) is 1.86. The molecule has 0 unspecified atom stereocenters. The molecule has 0 saturated carbocycles. The third kappa shape index (κ3) is 1.66. The Hall–Kier alpha value is -1.26. The van der Waals surface area contributed by atoms with E-state index in [-0.39, 0.29) is 16.7 Å². The van der Waals surface area contributed by atoms with E-state index >= 15 is 0 Å². The van der Waals surface area contributed by atoms with Crippen molar-refractivity contribution in [3.8, 4) is 5.75 Å². The average Bonchev–Trinajstić information content (AvgIpc) is 2.03. The molecule has 0 atom stereocenters. The smallest absolute Gasteiger partial charge is 0.116 e. The van der Waals surface area contributed by atoms with E-state index in [0.717, 1.165) is 0 Å². The van der Waals surface area contributed by atoms with Crippen LogP contribution < -0.4 is 5.23 Å². The third-order valence-corrected chi connectivity index (χ3v) is 1.66. The molecule has 0 radical (unpaired) electrons. The van der Waals surface area contributed by atoms with Crippen molar-refractivity contribution in [2.24, 2.45) is 0 Å². The van der Waals surface area contributed by atoms with E-state index in [1.807, 2.05) is 6.92 Å². The fraction of sp³-hybridized carbons (Fsp3) is 0.250.